The molecule has 0 unspecified atom stereocenters. The summed E-state index contributed by atoms with van der Waals surface area (Å²) >= 11 is 2.19. The minimum absolute atomic E-state index is 0. The first kappa shape index (κ1) is 17.1. The van der Waals surface area contributed by atoms with Gasteiger partial charge >= 0.3 is 57.0 Å². The quantitative estimate of drug-likeness (QED) is 0.684. The summed E-state index contributed by atoms with van der Waals surface area (Å²) in [5, 5.41) is 0. The summed E-state index contributed by atoms with van der Waals surface area (Å²) in [7, 11) is 0. The van der Waals surface area contributed by atoms with E-state index in [1.54, 1.807) is 0 Å². The van der Waals surface area contributed by atoms with Crippen molar-refractivity contribution in [3.05, 3.63) is 54.6 Å². The molecule has 0 fully saturated rings. The number of rotatable bonds is 1. The monoisotopic (exact) mass is 279 g/mol. The van der Waals surface area contributed by atoms with Crippen molar-refractivity contribution in [1.82, 2.24) is 0 Å². The predicted molar refractivity (Wildman–Crippen MR) is 64.6 cm³/mol. The van der Waals surface area contributed by atoms with Crippen LogP contribution in [0.3, 0.4) is 0 Å². The molecule has 81 valence electrons. The molecule has 0 spiro atoms. The van der Waals surface area contributed by atoms with Crippen molar-refractivity contribution in [2.45, 2.75) is 6.42 Å². The van der Waals surface area contributed by atoms with Gasteiger partial charge in [0, 0.05) is 0 Å². The van der Waals surface area contributed by atoms with Crippen LogP contribution in [0.25, 0.3) is 0 Å². The van der Waals surface area contributed by atoms with Crippen LogP contribution in [0.15, 0.2) is 52.4 Å². The van der Waals surface area contributed by atoms with Crippen molar-refractivity contribution in [3.8, 4) is 0 Å². The van der Waals surface area contributed by atoms with Crippen LogP contribution < -0.4 is 0 Å². The molecule has 0 aliphatic heterocycles. The van der Waals surface area contributed by atoms with Gasteiger partial charge in [-0.1, -0.05) is 0 Å². The fourth-order valence-corrected chi connectivity index (χ4v) is 1.04. The fourth-order valence-electron chi connectivity index (χ4n) is 0.835. The zero-order chi connectivity index (χ0) is 9.36. The molecule has 15 heavy (non-hydrogen) atoms. The molecule has 1 aromatic rings. The Morgan fingerprint density at radius 3 is 2.07 bits per heavy atom. The maximum absolute atomic E-state index is 3.91. The van der Waals surface area contributed by atoms with E-state index in [1.165, 1.54) is 0 Å². The number of nitrogens with zero attached hydrogens (tertiary/aromatic N) is 1. The van der Waals surface area contributed by atoms with Gasteiger partial charge in [0.2, 0.25) is 0 Å². The van der Waals surface area contributed by atoms with Gasteiger partial charge in [-0.05, 0) is 0 Å². The van der Waals surface area contributed by atoms with E-state index in [1.807, 2.05) is 42.5 Å². The summed E-state index contributed by atoms with van der Waals surface area (Å²) < 4.78 is 3.91. The van der Waals surface area contributed by atoms with Crippen molar-refractivity contribution in [2.75, 3.05) is 0 Å². The van der Waals surface area contributed by atoms with E-state index < -0.39 is 0 Å². The average molecular weight is 280 g/mol. The molecule has 4 heteroatoms. The van der Waals surface area contributed by atoms with E-state index in [9.17, 15) is 0 Å². The van der Waals surface area contributed by atoms with E-state index in [0.717, 1.165) is 12.1 Å². The van der Waals surface area contributed by atoms with E-state index >= 15 is 0 Å². The fraction of sp³-hybridized carbons (Fsp3) is 0.0909. The Balaban J connectivity index is 0. The number of halogens is 2. The number of allylic oxidation sites excluding steroid dienone is 4. The average Bonchev–Trinajstić information content (AvgIpc) is 2.77. The second-order valence-electron chi connectivity index (χ2n) is 2.44. The summed E-state index contributed by atoms with van der Waals surface area (Å²) in [4.78, 5) is 0. The van der Waals surface area contributed by atoms with Gasteiger partial charge in [0.15, 0.2) is 0 Å². The van der Waals surface area contributed by atoms with Gasteiger partial charge in [0.1, 0.15) is 0 Å². The van der Waals surface area contributed by atoms with Gasteiger partial charge in [-0.25, -0.2) is 12.2 Å². The van der Waals surface area contributed by atoms with Gasteiger partial charge < -0.3 is 0 Å². The SMILES string of the molecule is Cl.Cl.[C-]1=CC=CC1.[V]=[N]c1ccccc1. The molecule has 1 aliphatic carbocycles. The molecule has 0 aromatic heterocycles. The van der Waals surface area contributed by atoms with E-state index in [-0.39, 0.29) is 24.8 Å². The Morgan fingerprint density at radius 1 is 1.13 bits per heavy atom. The number of hydrogen-bond donors (Lipinski definition) is 0. The van der Waals surface area contributed by atoms with Gasteiger partial charge in [-0.3, -0.25) is 6.08 Å². The molecule has 0 heterocycles. The number of hydrogen-bond acceptors (Lipinski definition) is 1. The Labute approximate surface area is 112 Å². The van der Waals surface area contributed by atoms with Crippen LogP contribution in [0.1, 0.15) is 6.42 Å². The summed E-state index contributed by atoms with van der Waals surface area (Å²) in [6.07, 6.45) is 10.0. The summed E-state index contributed by atoms with van der Waals surface area (Å²) in [6.45, 7) is 0. The molecule has 1 nitrogen and oxygen atoms in total. The van der Waals surface area contributed by atoms with Crippen molar-refractivity contribution >= 4 is 30.5 Å². The Morgan fingerprint density at radius 2 is 1.80 bits per heavy atom. The van der Waals surface area contributed by atoms with Crippen molar-refractivity contribution in [1.29, 1.82) is 0 Å². The molecule has 2 rings (SSSR count). The molecule has 0 atom stereocenters. The Bertz CT molecular complexity index is 300. The molecule has 0 radical (unpaired) electrons. The van der Waals surface area contributed by atoms with E-state index in [4.69, 9.17) is 0 Å². The van der Waals surface area contributed by atoms with Crippen LogP contribution in [0.5, 0.6) is 0 Å². The third kappa shape index (κ3) is 8.65. The minimum atomic E-state index is 0. The van der Waals surface area contributed by atoms with Crippen LogP contribution in [0.4, 0.5) is 5.69 Å². The van der Waals surface area contributed by atoms with Gasteiger partial charge in [0.05, 0.1) is 0 Å². The molecule has 0 saturated carbocycles. The molecule has 0 N–H and O–H groups in total. The first-order valence-electron chi connectivity index (χ1n) is 4.05. The molecule has 0 amide bonds. The Kier molecular flexibility index (Phi) is 13.4. The van der Waals surface area contributed by atoms with Crippen molar-refractivity contribution < 1.29 is 17.2 Å². The molecular weight excluding hydrogens is 268 g/mol. The Hall–Kier alpha value is -0.336. The molecule has 0 saturated heterocycles. The summed E-state index contributed by atoms with van der Waals surface area (Å²) in [6, 6.07) is 9.82. The van der Waals surface area contributed by atoms with E-state index in [0.29, 0.717) is 0 Å². The first-order valence-corrected chi connectivity index (χ1v) is 4.68. The van der Waals surface area contributed by atoms with Crippen LogP contribution in [0, 0.1) is 6.08 Å². The van der Waals surface area contributed by atoms with Gasteiger partial charge in [-0.2, -0.15) is 6.08 Å². The van der Waals surface area contributed by atoms with Crippen LogP contribution in [0.2, 0.25) is 0 Å². The van der Waals surface area contributed by atoms with E-state index in [2.05, 4.69) is 33.2 Å². The van der Waals surface area contributed by atoms with Crippen LogP contribution in [-0.4, -0.2) is 0 Å². The summed E-state index contributed by atoms with van der Waals surface area (Å²) in [5.41, 5.74) is 1.01. The molecule has 1 aromatic carbocycles. The third-order valence-corrected chi connectivity index (χ3v) is 1.82. The van der Waals surface area contributed by atoms with Crippen LogP contribution >= 0.6 is 24.8 Å². The van der Waals surface area contributed by atoms with Crippen molar-refractivity contribution in [2.24, 2.45) is 3.79 Å². The summed E-state index contributed by atoms with van der Waals surface area (Å²) in [5.74, 6) is 0. The van der Waals surface area contributed by atoms with Gasteiger partial charge in [-0.15, -0.1) is 31.2 Å². The third-order valence-electron chi connectivity index (χ3n) is 1.46. The standard InChI is InChI=1S/C6H5N.C5H5.2ClH.V/c7-6-4-2-1-3-5-6;1-2-4-5-3-1;;;/h1-5H;1-3H,4H2;2*1H;/q;-1;;;. The van der Waals surface area contributed by atoms with Crippen molar-refractivity contribution in [3.63, 3.8) is 0 Å². The number of benzene rings is 1. The first-order chi connectivity index (χ1) is 6.43. The molecule has 1 aliphatic rings. The van der Waals surface area contributed by atoms with Crippen LogP contribution in [-0.2, 0) is 17.2 Å². The maximum atomic E-state index is 3.91. The second-order valence-corrected chi connectivity index (χ2v) is 2.75. The molecule has 0 bridgehead atoms. The zero-order valence-electron chi connectivity index (χ0n) is 8.04. The predicted octanol–water partition coefficient (Wildman–Crippen LogP) is 4.20. The molecular formula is C11H12Cl2NV-. The van der Waals surface area contributed by atoms with Gasteiger partial charge in [0.25, 0.3) is 0 Å². The normalized spacial score (nSPS) is 10.3. The second kappa shape index (κ2) is 11.7. The topological polar surface area (TPSA) is 12.4 Å². The zero-order valence-corrected chi connectivity index (χ0v) is 11.1.